The highest BCUT2D eigenvalue weighted by Gasteiger charge is 2.08. The van der Waals surface area contributed by atoms with Gasteiger partial charge in [0, 0.05) is 18.0 Å². The largest absolute Gasteiger partial charge is 0.478 e. The molecule has 0 aliphatic heterocycles. The topological polar surface area (TPSA) is 74.6 Å². The van der Waals surface area contributed by atoms with E-state index in [0.717, 1.165) is 11.3 Å². The first-order valence-electron chi connectivity index (χ1n) is 5.71. The lowest BCUT2D eigenvalue weighted by molar-refractivity contribution is 0.0698. The molecule has 0 fully saturated rings. The monoisotopic (exact) mass is 255 g/mol. The van der Waals surface area contributed by atoms with E-state index in [1.807, 2.05) is 19.1 Å². The van der Waals surface area contributed by atoms with Crippen LogP contribution in [0, 0.1) is 0 Å². The number of nitrogens with one attached hydrogen (secondary N) is 1. The molecule has 0 bridgehead atoms. The van der Waals surface area contributed by atoms with Crippen LogP contribution in [0.5, 0.6) is 0 Å². The first-order valence-corrected chi connectivity index (χ1v) is 5.71. The van der Waals surface area contributed by atoms with Crippen LogP contribution in [0.4, 0.5) is 5.69 Å². The number of rotatable bonds is 4. The van der Waals surface area contributed by atoms with E-state index in [1.54, 1.807) is 30.6 Å². The highest BCUT2D eigenvalue weighted by molar-refractivity contribution is 5.99. The van der Waals surface area contributed by atoms with Crippen molar-refractivity contribution in [3.05, 3.63) is 59.9 Å². The van der Waals surface area contributed by atoms with Gasteiger partial charge in [0.1, 0.15) is 0 Å². The minimum Gasteiger partial charge on any atom is -0.478 e. The van der Waals surface area contributed by atoms with Gasteiger partial charge in [0.2, 0.25) is 0 Å². The molecule has 0 saturated carbocycles. The smallest absolute Gasteiger partial charge is 0.337 e. The van der Waals surface area contributed by atoms with Crippen molar-refractivity contribution in [2.75, 3.05) is 5.43 Å². The maximum absolute atomic E-state index is 11.0. The van der Waals surface area contributed by atoms with Crippen molar-refractivity contribution in [3.63, 3.8) is 0 Å². The Morgan fingerprint density at radius 2 is 1.89 bits per heavy atom. The summed E-state index contributed by atoms with van der Waals surface area (Å²) in [5.74, 6) is -0.986. The molecule has 0 spiro atoms. The summed E-state index contributed by atoms with van der Waals surface area (Å²) in [6, 6.07) is 10.3. The van der Waals surface area contributed by atoms with Gasteiger partial charge in [0.05, 0.1) is 17.0 Å². The third kappa shape index (κ3) is 3.16. The number of aromatic carboxylic acids is 1. The van der Waals surface area contributed by atoms with Gasteiger partial charge in [-0.3, -0.25) is 10.4 Å². The maximum atomic E-state index is 11.0. The molecule has 1 heterocycles. The van der Waals surface area contributed by atoms with Crippen molar-refractivity contribution >= 4 is 17.4 Å². The summed E-state index contributed by atoms with van der Waals surface area (Å²) in [4.78, 5) is 15.0. The average molecular weight is 255 g/mol. The molecule has 1 aromatic carbocycles. The van der Waals surface area contributed by atoms with Crippen LogP contribution >= 0.6 is 0 Å². The third-order valence-corrected chi connectivity index (χ3v) is 2.60. The van der Waals surface area contributed by atoms with E-state index < -0.39 is 5.97 Å². The molecule has 0 unspecified atom stereocenters. The Hall–Kier alpha value is -2.69. The summed E-state index contributed by atoms with van der Waals surface area (Å²) in [6.45, 7) is 1.84. The minimum atomic E-state index is -0.986. The maximum Gasteiger partial charge on any atom is 0.337 e. The van der Waals surface area contributed by atoms with E-state index in [9.17, 15) is 4.79 Å². The molecule has 5 heteroatoms. The standard InChI is InChI=1S/C14H13N3O2/c1-10(11-6-8-15-9-7-11)16-17-13-5-3-2-4-12(13)14(18)19/h2-9,17H,1H3,(H,18,19)/b16-10-. The molecule has 1 aromatic heterocycles. The van der Waals surface area contributed by atoms with Crippen LogP contribution in [0.25, 0.3) is 0 Å². The van der Waals surface area contributed by atoms with E-state index in [2.05, 4.69) is 15.5 Å². The number of aromatic nitrogens is 1. The van der Waals surface area contributed by atoms with Crippen molar-refractivity contribution in [1.82, 2.24) is 4.98 Å². The van der Waals surface area contributed by atoms with Gasteiger partial charge in [0.25, 0.3) is 0 Å². The third-order valence-electron chi connectivity index (χ3n) is 2.60. The predicted molar refractivity (Wildman–Crippen MR) is 73.5 cm³/mol. The van der Waals surface area contributed by atoms with Crippen molar-refractivity contribution in [3.8, 4) is 0 Å². The fourth-order valence-electron chi connectivity index (χ4n) is 1.57. The Labute approximate surface area is 110 Å². The molecule has 2 rings (SSSR count). The van der Waals surface area contributed by atoms with E-state index in [0.29, 0.717) is 5.69 Å². The van der Waals surface area contributed by atoms with Crippen LogP contribution in [0.15, 0.2) is 53.9 Å². The number of para-hydroxylation sites is 1. The number of hydrogen-bond donors (Lipinski definition) is 2. The zero-order valence-electron chi connectivity index (χ0n) is 10.4. The summed E-state index contributed by atoms with van der Waals surface area (Å²) < 4.78 is 0. The fraction of sp³-hybridized carbons (Fsp3) is 0.0714. The molecule has 0 atom stereocenters. The van der Waals surface area contributed by atoms with Crippen LogP contribution in [-0.4, -0.2) is 21.8 Å². The van der Waals surface area contributed by atoms with Gasteiger partial charge in [-0.05, 0) is 31.2 Å². The van der Waals surface area contributed by atoms with E-state index in [4.69, 9.17) is 5.11 Å². The SMILES string of the molecule is C/C(=N/Nc1ccccc1C(=O)O)c1ccncc1. The fourth-order valence-corrected chi connectivity index (χ4v) is 1.57. The zero-order valence-corrected chi connectivity index (χ0v) is 10.4. The minimum absolute atomic E-state index is 0.189. The first kappa shape index (κ1) is 12.8. The number of carboxylic acid groups (broad SMARTS) is 1. The van der Waals surface area contributed by atoms with E-state index >= 15 is 0 Å². The lowest BCUT2D eigenvalue weighted by Gasteiger charge is -2.06. The predicted octanol–water partition coefficient (Wildman–Crippen LogP) is 2.62. The molecule has 0 radical (unpaired) electrons. The van der Waals surface area contributed by atoms with Crippen molar-refractivity contribution < 1.29 is 9.90 Å². The molecule has 0 saturated heterocycles. The molecule has 5 nitrogen and oxygen atoms in total. The lowest BCUT2D eigenvalue weighted by Crippen LogP contribution is -2.04. The number of hydrogen-bond acceptors (Lipinski definition) is 4. The van der Waals surface area contributed by atoms with Crippen LogP contribution in [0.2, 0.25) is 0 Å². The van der Waals surface area contributed by atoms with Crippen molar-refractivity contribution in [2.24, 2.45) is 5.10 Å². The Bertz CT molecular complexity index is 609. The Balaban J connectivity index is 2.21. The number of pyridine rings is 1. The van der Waals surface area contributed by atoms with Gasteiger partial charge < -0.3 is 5.11 Å². The van der Waals surface area contributed by atoms with Crippen molar-refractivity contribution in [2.45, 2.75) is 6.92 Å². The Morgan fingerprint density at radius 3 is 2.58 bits per heavy atom. The summed E-state index contributed by atoms with van der Waals surface area (Å²) >= 11 is 0. The highest BCUT2D eigenvalue weighted by atomic mass is 16.4. The molecule has 2 N–H and O–H groups in total. The second-order valence-electron chi connectivity index (χ2n) is 3.90. The van der Waals surface area contributed by atoms with Gasteiger partial charge in [-0.2, -0.15) is 5.10 Å². The van der Waals surface area contributed by atoms with Gasteiger partial charge in [-0.15, -0.1) is 0 Å². The molecule has 96 valence electrons. The van der Waals surface area contributed by atoms with Crippen molar-refractivity contribution in [1.29, 1.82) is 0 Å². The molecular weight excluding hydrogens is 242 g/mol. The number of carboxylic acids is 1. The summed E-state index contributed by atoms with van der Waals surface area (Å²) in [7, 11) is 0. The van der Waals surface area contributed by atoms with Crippen LogP contribution in [-0.2, 0) is 0 Å². The Kier molecular flexibility index (Phi) is 3.87. The lowest BCUT2D eigenvalue weighted by atomic mass is 10.2. The van der Waals surface area contributed by atoms with Gasteiger partial charge in [0.15, 0.2) is 0 Å². The van der Waals surface area contributed by atoms with Crippen LogP contribution in [0.3, 0.4) is 0 Å². The number of carbonyl (C=O) groups is 1. The number of nitrogens with zero attached hydrogens (tertiary/aromatic N) is 2. The van der Waals surface area contributed by atoms with Gasteiger partial charge in [-0.25, -0.2) is 4.79 Å². The normalized spacial score (nSPS) is 11.1. The molecular formula is C14H13N3O2. The second kappa shape index (κ2) is 5.77. The van der Waals surface area contributed by atoms with Crippen LogP contribution in [0.1, 0.15) is 22.8 Å². The zero-order chi connectivity index (χ0) is 13.7. The molecule has 0 aliphatic rings. The average Bonchev–Trinajstić information content (AvgIpc) is 2.46. The summed E-state index contributed by atoms with van der Waals surface area (Å²) in [5, 5.41) is 13.2. The number of anilines is 1. The Morgan fingerprint density at radius 1 is 1.21 bits per heavy atom. The van der Waals surface area contributed by atoms with Gasteiger partial charge in [-0.1, -0.05) is 12.1 Å². The van der Waals surface area contributed by atoms with Crippen LogP contribution < -0.4 is 5.43 Å². The first-order chi connectivity index (χ1) is 9.18. The second-order valence-corrected chi connectivity index (χ2v) is 3.90. The van der Waals surface area contributed by atoms with E-state index in [1.165, 1.54) is 6.07 Å². The molecule has 0 amide bonds. The summed E-state index contributed by atoms with van der Waals surface area (Å²) in [5.41, 5.74) is 5.11. The molecule has 19 heavy (non-hydrogen) atoms. The van der Waals surface area contributed by atoms with E-state index in [-0.39, 0.29) is 5.56 Å². The quantitative estimate of drug-likeness (QED) is 0.650. The number of benzene rings is 1. The summed E-state index contributed by atoms with van der Waals surface area (Å²) in [6.07, 6.45) is 3.36. The molecule has 2 aromatic rings. The molecule has 0 aliphatic carbocycles. The highest BCUT2D eigenvalue weighted by Crippen LogP contribution is 2.15. The number of hydrazone groups is 1. The van der Waals surface area contributed by atoms with Gasteiger partial charge >= 0.3 is 5.97 Å².